The lowest BCUT2D eigenvalue weighted by atomic mass is 10.2. The van der Waals surface area contributed by atoms with Crippen molar-refractivity contribution >= 4 is 18.2 Å². The summed E-state index contributed by atoms with van der Waals surface area (Å²) in [5, 5.41) is 2.44. The highest BCUT2D eigenvalue weighted by Gasteiger charge is 2.29. The second-order valence-corrected chi connectivity index (χ2v) is 6.80. The smallest absolute Gasteiger partial charge is 0.410 e. The minimum Gasteiger partial charge on any atom is -0.467 e. The van der Waals surface area contributed by atoms with Gasteiger partial charge in [-0.25, -0.2) is 14.4 Å². The predicted octanol–water partition coefficient (Wildman–Crippen LogP) is 2.71. The average molecular weight is 380 g/mol. The van der Waals surface area contributed by atoms with Gasteiger partial charge < -0.3 is 24.4 Å². The summed E-state index contributed by atoms with van der Waals surface area (Å²) in [5.74, 6) is -0.686. The lowest BCUT2D eigenvalue weighted by molar-refractivity contribution is -0.143. The zero-order valence-corrected chi connectivity index (χ0v) is 16.5. The van der Waals surface area contributed by atoms with Gasteiger partial charge >= 0.3 is 18.2 Å². The minimum absolute atomic E-state index is 0.0596. The molecular formula is C19H28N2O6. The number of methoxy groups -OCH3 is 1. The van der Waals surface area contributed by atoms with Gasteiger partial charge in [0.2, 0.25) is 0 Å². The van der Waals surface area contributed by atoms with E-state index in [1.165, 1.54) is 12.0 Å². The van der Waals surface area contributed by atoms with Crippen molar-refractivity contribution in [3.63, 3.8) is 0 Å². The van der Waals surface area contributed by atoms with Crippen molar-refractivity contribution in [1.29, 1.82) is 0 Å². The molecule has 0 aliphatic heterocycles. The van der Waals surface area contributed by atoms with Crippen molar-refractivity contribution in [3.8, 4) is 0 Å². The van der Waals surface area contributed by atoms with E-state index in [2.05, 4.69) is 5.32 Å². The molecule has 1 aromatic carbocycles. The third-order valence-corrected chi connectivity index (χ3v) is 3.43. The molecule has 8 heteroatoms. The van der Waals surface area contributed by atoms with Crippen LogP contribution in [0.4, 0.5) is 9.59 Å². The van der Waals surface area contributed by atoms with Gasteiger partial charge in [-0.2, -0.15) is 0 Å². The summed E-state index contributed by atoms with van der Waals surface area (Å²) >= 11 is 0. The SMILES string of the molecule is CCN(C[C@H](NC(=O)OCc1ccccc1)C(=O)OC)C(=O)OC(C)(C)C. The Morgan fingerprint density at radius 1 is 1.15 bits per heavy atom. The number of carbonyl (C=O) groups excluding carboxylic acids is 3. The van der Waals surface area contributed by atoms with Crippen molar-refractivity contribution in [3.05, 3.63) is 35.9 Å². The number of carbonyl (C=O) groups is 3. The number of alkyl carbamates (subject to hydrolysis) is 1. The number of ether oxygens (including phenoxy) is 3. The van der Waals surface area contributed by atoms with Crippen LogP contribution >= 0.6 is 0 Å². The summed E-state index contributed by atoms with van der Waals surface area (Å²) < 4.78 is 15.1. The van der Waals surface area contributed by atoms with E-state index >= 15 is 0 Å². The van der Waals surface area contributed by atoms with E-state index in [9.17, 15) is 14.4 Å². The maximum atomic E-state index is 12.2. The predicted molar refractivity (Wildman–Crippen MR) is 99.0 cm³/mol. The number of esters is 1. The van der Waals surface area contributed by atoms with Crippen molar-refractivity contribution < 1.29 is 28.6 Å². The second kappa shape index (κ2) is 10.4. The first-order valence-electron chi connectivity index (χ1n) is 8.69. The maximum absolute atomic E-state index is 12.2. The molecule has 0 saturated heterocycles. The first kappa shape index (κ1) is 22.3. The van der Waals surface area contributed by atoms with E-state index in [4.69, 9.17) is 14.2 Å². The highest BCUT2D eigenvalue weighted by atomic mass is 16.6. The summed E-state index contributed by atoms with van der Waals surface area (Å²) in [6, 6.07) is 8.05. The number of rotatable bonds is 7. The van der Waals surface area contributed by atoms with Crippen LogP contribution in [0.5, 0.6) is 0 Å². The third kappa shape index (κ3) is 8.44. The molecule has 27 heavy (non-hydrogen) atoms. The largest absolute Gasteiger partial charge is 0.467 e. The van der Waals surface area contributed by atoms with E-state index < -0.39 is 29.8 Å². The quantitative estimate of drug-likeness (QED) is 0.577. The van der Waals surface area contributed by atoms with Crippen LogP contribution in [0.3, 0.4) is 0 Å². The molecule has 1 atom stereocenters. The van der Waals surface area contributed by atoms with Gasteiger partial charge in [0, 0.05) is 6.54 Å². The summed E-state index contributed by atoms with van der Waals surface area (Å²) in [7, 11) is 1.20. The molecule has 0 aliphatic carbocycles. The van der Waals surface area contributed by atoms with Gasteiger partial charge in [0.05, 0.1) is 13.7 Å². The highest BCUT2D eigenvalue weighted by molar-refractivity contribution is 5.82. The lowest BCUT2D eigenvalue weighted by Gasteiger charge is -2.28. The molecule has 0 aromatic heterocycles. The molecule has 1 aromatic rings. The van der Waals surface area contributed by atoms with Gasteiger partial charge in [0.15, 0.2) is 0 Å². The van der Waals surface area contributed by atoms with Gasteiger partial charge in [-0.1, -0.05) is 30.3 Å². The van der Waals surface area contributed by atoms with E-state index in [1.54, 1.807) is 27.7 Å². The van der Waals surface area contributed by atoms with Crippen LogP contribution in [0.2, 0.25) is 0 Å². The van der Waals surface area contributed by atoms with Crippen LogP contribution in [0.25, 0.3) is 0 Å². The highest BCUT2D eigenvalue weighted by Crippen LogP contribution is 2.10. The standard InChI is InChI=1S/C19H28N2O6/c1-6-21(18(24)27-19(2,3)4)12-15(16(22)25-5)20-17(23)26-13-14-10-8-7-9-11-14/h7-11,15H,6,12-13H2,1-5H3,(H,20,23)/t15-/m0/s1. The summed E-state index contributed by atoms with van der Waals surface area (Å²) in [6.07, 6.45) is -1.37. The molecule has 0 heterocycles. The van der Waals surface area contributed by atoms with Crippen LogP contribution in [-0.2, 0) is 25.6 Å². The van der Waals surface area contributed by atoms with Gasteiger partial charge in [0.25, 0.3) is 0 Å². The Balaban J connectivity index is 2.69. The van der Waals surface area contributed by atoms with Crippen molar-refractivity contribution in [1.82, 2.24) is 10.2 Å². The normalized spacial score (nSPS) is 11.9. The fraction of sp³-hybridized carbons (Fsp3) is 0.526. The van der Waals surface area contributed by atoms with Gasteiger partial charge in [0.1, 0.15) is 18.2 Å². The first-order chi connectivity index (χ1) is 12.7. The number of likely N-dealkylation sites (N-methyl/N-ethyl adjacent to an activating group) is 1. The van der Waals surface area contributed by atoms with E-state index in [0.29, 0.717) is 6.54 Å². The summed E-state index contributed by atoms with van der Waals surface area (Å²) in [5.41, 5.74) is 0.138. The monoisotopic (exact) mass is 380 g/mol. The molecule has 0 saturated carbocycles. The molecule has 0 unspecified atom stereocenters. The van der Waals surface area contributed by atoms with Crippen molar-refractivity contribution in [2.45, 2.75) is 45.9 Å². The molecule has 0 spiro atoms. The molecular weight excluding hydrogens is 352 g/mol. The van der Waals surface area contributed by atoms with Gasteiger partial charge in [-0.05, 0) is 33.3 Å². The van der Waals surface area contributed by atoms with Crippen LogP contribution in [-0.4, -0.2) is 54.9 Å². The van der Waals surface area contributed by atoms with Crippen LogP contribution in [0.1, 0.15) is 33.3 Å². The Labute approximate surface area is 159 Å². The number of amides is 2. The molecule has 1 N–H and O–H groups in total. The number of nitrogens with zero attached hydrogens (tertiary/aromatic N) is 1. The zero-order chi connectivity index (χ0) is 20.4. The fourth-order valence-electron chi connectivity index (χ4n) is 2.11. The molecule has 2 amide bonds. The topological polar surface area (TPSA) is 94.2 Å². The third-order valence-electron chi connectivity index (χ3n) is 3.43. The number of benzene rings is 1. The summed E-state index contributed by atoms with van der Waals surface area (Å²) in [4.78, 5) is 37.6. The maximum Gasteiger partial charge on any atom is 0.410 e. The molecule has 0 bridgehead atoms. The van der Waals surface area contributed by atoms with Crippen molar-refractivity contribution in [2.24, 2.45) is 0 Å². The Kier molecular flexibility index (Phi) is 8.58. The fourth-order valence-corrected chi connectivity index (χ4v) is 2.11. The molecule has 150 valence electrons. The molecule has 0 radical (unpaired) electrons. The number of hydrogen-bond donors (Lipinski definition) is 1. The first-order valence-corrected chi connectivity index (χ1v) is 8.69. The molecule has 0 aliphatic rings. The van der Waals surface area contributed by atoms with Gasteiger partial charge in [-0.3, -0.25) is 0 Å². The van der Waals surface area contributed by atoms with E-state index in [0.717, 1.165) is 5.56 Å². The molecule has 1 rings (SSSR count). The van der Waals surface area contributed by atoms with Crippen LogP contribution in [0, 0.1) is 0 Å². The lowest BCUT2D eigenvalue weighted by Crippen LogP contribution is -2.51. The van der Waals surface area contributed by atoms with E-state index in [1.807, 2.05) is 30.3 Å². The number of nitrogens with one attached hydrogen (secondary N) is 1. The Hall–Kier alpha value is -2.77. The van der Waals surface area contributed by atoms with Crippen LogP contribution in [0.15, 0.2) is 30.3 Å². The Morgan fingerprint density at radius 2 is 1.78 bits per heavy atom. The summed E-state index contributed by atoms with van der Waals surface area (Å²) in [6.45, 7) is 7.24. The Bertz CT molecular complexity index is 627. The van der Waals surface area contributed by atoms with Gasteiger partial charge in [-0.15, -0.1) is 0 Å². The zero-order valence-electron chi connectivity index (χ0n) is 16.5. The van der Waals surface area contributed by atoms with Crippen LogP contribution < -0.4 is 5.32 Å². The molecule has 8 nitrogen and oxygen atoms in total. The number of hydrogen-bond acceptors (Lipinski definition) is 6. The van der Waals surface area contributed by atoms with Crippen molar-refractivity contribution in [2.75, 3.05) is 20.2 Å². The Morgan fingerprint density at radius 3 is 2.30 bits per heavy atom. The minimum atomic E-state index is -1.08. The second-order valence-electron chi connectivity index (χ2n) is 6.80. The average Bonchev–Trinajstić information content (AvgIpc) is 2.62. The van der Waals surface area contributed by atoms with E-state index in [-0.39, 0.29) is 13.2 Å². The molecule has 0 fully saturated rings.